The Morgan fingerprint density at radius 2 is 2.07 bits per heavy atom. The first-order chi connectivity index (χ1) is 7.26. The van der Waals surface area contributed by atoms with Gasteiger partial charge in [0.05, 0.1) is 6.04 Å². The van der Waals surface area contributed by atoms with E-state index < -0.39 is 0 Å². The minimum Gasteiger partial charge on any atom is -0.309 e. The fourth-order valence-electron chi connectivity index (χ4n) is 2.99. The minimum absolute atomic E-state index is 0.297. The Morgan fingerprint density at radius 3 is 2.73 bits per heavy atom. The van der Waals surface area contributed by atoms with Crippen LogP contribution in [0.1, 0.15) is 39.0 Å². The van der Waals surface area contributed by atoms with Gasteiger partial charge in [-0.3, -0.25) is 4.90 Å². The molecule has 0 bridgehead atoms. The number of nitrogens with zero attached hydrogens (tertiary/aromatic N) is 1. The third kappa shape index (κ3) is 2.35. The first kappa shape index (κ1) is 11.0. The summed E-state index contributed by atoms with van der Waals surface area (Å²) >= 11 is 0. The van der Waals surface area contributed by atoms with E-state index in [1.165, 1.54) is 32.1 Å². The highest BCUT2D eigenvalue weighted by Crippen LogP contribution is 2.30. The number of hydrogen-bond donors (Lipinski definition) is 1. The lowest BCUT2D eigenvalue weighted by Gasteiger charge is -2.47. The van der Waals surface area contributed by atoms with Gasteiger partial charge in [0.25, 0.3) is 0 Å². The smallest absolute Gasteiger partial charge is 0.0684 e. The van der Waals surface area contributed by atoms with Gasteiger partial charge in [-0.1, -0.05) is 25.2 Å². The topological polar surface area (TPSA) is 15.3 Å². The molecule has 84 valence electrons. The third-order valence-electron chi connectivity index (χ3n) is 4.00. The summed E-state index contributed by atoms with van der Waals surface area (Å²) in [7, 11) is 0. The zero-order chi connectivity index (χ0) is 10.7. The molecule has 2 nitrogen and oxygen atoms in total. The van der Waals surface area contributed by atoms with Crippen LogP contribution in [0.3, 0.4) is 0 Å². The quantitative estimate of drug-likeness (QED) is 0.656. The van der Waals surface area contributed by atoms with Gasteiger partial charge < -0.3 is 5.32 Å². The van der Waals surface area contributed by atoms with Crippen molar-refractivity contribution in [1.82, 2.24) is 10.2 Å². The van der Waals surface area contributed by atoms with E-state index in [-0.39, 0.29) is 0 Å². The molecule has 1 saturated carbocycles. The molecule has 0 aromatic heterocycles. The first-order valence-corrected chi connectivity index (χ1v) is 6.21. The van der Waals surface area contributed by atoms with Gasteiger partial charge in [-0.2, -0.15) is 0 Å². The van der Waals surface area contributed by atoms with Crippen LogP contribution in [0.15, 0.2) is 0 Å². The zero-order valence-corrected chi connectivity index (χ0v) is 9.76. The van der Waals surface area contributed by atoms with E-state index in [0.717, 1.165) is 19.6 Å². The second-order valence-electron chi connectivity index (χ2n) is 5.08. The van der Waals surface area contributed by atoms with Gasteiger partial charge in [0.15, 0.2) is 0 Å². The molecule has 1 atom stereocenters. The van der Waals surface area contributed by atoms with Crippen LogP contribution in [0.2, 0.25) is 0 Å². The Bertz CT molecular complexity index is 242. The summed E-state index contributed by atoms with van der Waals surface area (Å²) in [5.74, 6) is 2.85. The predicted octanol–water partition coefficient (Wildman–Crippen LogP) is 1.62. The maximum absolute atomic E-state index is 5.51. The van der Waals surface area contributed by atoms with Gasteiger partial charge in [-0.05, 0) is 19.8 Å². The highest BCUT2D eigenvalue weighted by molar-refractivity contribution is 5.03. The van der Waals surface area contributed by atoms with Gasteiger partial charge in [0.2, 0.25) is 0 Å². The number of rotatable bonds is 1. The molecule has 1 heterocycles. The molecule has 0 aromatic carbocycles. The largest absolute Gasteiger partial charge is 0.309 e. The van der Waals surface area contributed by atoms with Crippen LogP contribution in [0.25, 0.3) is 0 Å². The average Bonchev–Trinajstić information content (AvgIpc) is 2.29. The summed E-state index contributed by atoms with van der Waals surface area (Å²) in [4.78, 5) is 2.46. The standard InChI is InChI=1S/C13H22N2/c1-3-12(2)15-10-9-14-13(11-15)7-5-4-6-8-13/h1,12,14H,4-11H2,2H3. The molecule has 1 aliphatic heterocycles. The fraction of sp³-hybridized carbons (Fsp3) is 0.846. The molecule has 2 aliphatic rings. The number of terminal acetylenes is 1. The van der Waals surface area contributed by atoms with E-state index in [1.807, 2.05) is 0 Å². The normalized spacial score (nSPS) is 28.5. The molecule has 1 unspecified atom stereocenters. The molecule has 1 saturated heterocycles. The number of hydrogen-bond acceptors (Lipinski definition) is 2. The van der Waals surface area contributed by atoms with E-state index in [1.54, 1.807) is 0 Å². The fourth-order valence-corrected chi connectivity index (χ4v) is 2.99. The van der Waals surface area contributed by atoms with Crippen molar-refractivity contribution >= 4 is 0 Å². The average molecular weight is 206 g/mol. The minimum atomic E-state index is 0.297. The van der Waals surface area contributed by atoms with Crippen molar-refractivity contribution in [3.63, 3.8) is 0 Å². The maximum atomic E-state index is 5.51. The van der Waals surface area contributed by atoms with Gasteiger partial charge in [-0.15, -0.1) is 6.42 Å². The summed E-state index contributed by atoms with van der Waals surface area (Å²) in [6.07, 6.45) is 12.3. The monoisotopic (exact) mass is 206 g/mol. The Balaban J connectivity index is 1.99. The number of piperazine rings is 1. The van der Waals surface area contributed by atoms with Crippen molar-refractivity contribution in [2.24, 2.45) is 0 Å². The first-order valence-electron chi connectivity index (χ1n) is 6.21. The maximum Gasteiger partial charge on any atom is 0.0684 e. The molecule has 1 spiro atoms. The highest BCUT2D eigenvalue weighted by Gasteiger charge is 2.36. The molecule has 0 amide bonds. The molecule has 0 aromatic rings. The van der Waals surface area contributed by atoms with Gasteiger partial charge in [0, 0.05) is 25.2 Å². The van der Waals surface area contributed by atoms with Crippen molar-refractivity contribution in [2.75, 3.05) is 19.6 Å². The van der Waals surface area contributed by atoms with Crippen LogP contribution in [0.5, 0.6) is 0 Å². The molecule has 15 heavy (non-hydrogen) atoms. The SMILES string of the molecule is C#CC(C)N1CCNC2(CCCCC2)C1. The second kappa shape index (κ2) is 4.55. The lowest BCUT2D eigenvalue weighted by atomic mass is 9.80. The Kier molecular flexibility index (Phi) is 3.33. The van der Waals surface area contributed by atoms with Gasteiger partial charge in [-0.25, -0.2) is 0 Å². The van der Waals surface area contributed by atoms with Crippen LogP contribution in [-0.4, -0.2) is 36.1 Å². The third-order valence-corrected chi connectivity index (χ3v) is 4.00. The van der Waals surface area contributed by atoms with Crippen molar-refractivity contribution < 1.29 is 0 Å². The molecule has 2 heteroatoms. The Labute approximate surface area is 93.4 Å². The summed E-state index contributed by atoms with van der Waals surface area (Å²) in [6, 6.07) is 0.297. The van der Waals surface area contributed by atoms with E-state index in [2.05, 4.69) is 23.1 Å². The Hall–Kier alpha value is -0.520. The van der Waals surface area contributed by atoms with Crippen molar-refractivity contribution in [1.29, 1.82) is 0 Å². The molecule has 0 radical (unpaired) electrons. The van der Waals surface area contributed by atoms with E-state index in [4.69, 9.17) is 6.42 Å². The van der Waals surface area contributed by atoms with Crippen molar-refractivity contribution in [3.8, 4) is 12.3 Å². The summed E-state index contributed by atoms with van der Waals surface area (Å²) < 4.78 is 0. The molecule has 2 rings (SSSR count). The molecule has 2 fully saturated rings. The lowest BCUT2D eigenvalue weighted by molar-refractivity contribution is 0.0883. The van der Waals surface area contributed by atoms with E-state index in [9.17, 15) is 0 Å². The molecular formula is C13H22N2. The number of nitrogens with one attached hydrogen (secondary N) is 1. The van der Waals surface area contributed by atoms with E-state index in [0.29, 0.717) is 11.6 Å². The zero-order valence-electron chi connectivity index (χ0n) is 9.76. The van der Waals surface area contributed by atoms with Crippen LogP contribution in [0, 0.1) is 12.3 Å². The predicted molar refractivity (Wildman–Crippen MR) is 63.7 cm³/mol. The van der Waals surface area contributed by atoms with Crippen LogP contribution >= 0.6 is 0 Å². The summed E-state index contributed by atoms with van der Waals surface area (Å²) in [5, 5.41) is 3.73. The van der Waals surface area contributed by atoms with Crippen molar-refractivity contribution in [2.45, 2.75) is 50.6 Å². The van der Waals surface area contributed by atoms with Crippen LogP contribution in [-0.2, 0) is 0 Å². The lowest BCUT2D eigenvalue weighted by Crippen LogP contribution is -2.62. The second-order valence-corrected chi connectivity index (χ2v) is 5.08. The summed E-state index contributed by atoms with van der Waals surface area (Å²) in [6.45, 7) is 5.50. The van der Waals surface area contributed by atoms with Gasteiger partial charge >= 0.3 is 0 Å². The molecule has 1 aliphatic carbocycles. The Morgan fingerprint density at radius 1 is 1.33 bits per heavy atom. The van der Waals surface area contributed by atoms with Crippen LogP contribution in [0.4, 0.5) is 0 Å². The highest BCUT2D eigenvalue weighted by atomic mass is 15.2. The van der Waals surface area contributed by atoms with E-state index >= 15 is 0 Å². The molecule has 1 N–H and O–H groups in total. The summed E-state index contributed by atoms with van der Waals surface area (Å²) in [5.41, 5.74) is 0.390. The van der Waals surface area contributed by atoms with Crippen LogP contribution < -0.4 is 5.32 Å². The van der Waals surface area contributed by atoms with Gasteiger partial charge in [0.1, 0.15) is 0 Å². The van der Waals surface area contributed by atoms with Crippen molar-refractivity contribution in [3.05, 3.63) is 0 Å². The molecular weight excluding hydrogens is 184 g/mol.